The van der Waals surface area contributed by atoms with Crippen LogP contribution < -0.4 is 5.73 Å². The Morgan fingerprint density at radius 2 is 2.18 bits per heavy atom. The Morgan fingerprint density at radius 1 is 1.47 bits per heavy atom. The minimum atomic E-state index is 0.213. The molecule has 4 heteroatoms. The van der Waals surface area contributed by atoms with E-state index in [1.807, 2.05) is 11.3 Å². The van der Waals surface area contributed by atoms with E-state index in [-0.39, 0.29) is 6.04 Å². The Labute approximate surface area is 108 Å². The van der Waals surface area contributed by atoms with E-state index in [9.17, 15) is 0 Å². The maximum absolute atomic E-state index is 6.33. The molecule has 3 nitrogen and oxygen atoms in total. The lowest BCUT2D eigenvalue weighted by atomic mass is 10.0. The Kier molecular flexibility index (Phi) is 4.56. The molecule has 0 amide bonds. The van der Waals surface area contributed by atoms with Gasteiger partial charge in [0, 0.05) is 24.0 Å². The Bertz CT molecular complexity index is 347. The SMILES string of the molecule is CCC(N)C(c1sccc1C)N1CCOCC1. The van der Waals surface area contributed by atoms with Crippen molar-refractivity contribution in [2.24, 2.45) is 5.73 Å². The van der Waals surface area contributed by atoms with Crippen molar-refractivity contribution in [2.75, 3.05) is 26.3 Å². The zero-order valence-electron chi connectivity index (χ0n) is 10.7. The van der Waals surface area contributed by atoms with Crippen LogP contribution in [-0.2, 0) is 4.74 Å². The quantitative estimate of drug-likeness (QED) is 0.895. The van der Waals surface area contributed by atoms with Gasteiger partial charge in [0.05, 0.1) is 19.3 Å². The highest BCUT2D eigenvalue weighted by molar-refractivity contribution is 7.10. The molecular formula is C13H22N2OS. The zero-order valence-corrected chi connectivity index (χ0v) is 11.5. The number of hydrogen-bond donors (Lipinski definition) is 1. The summed E-state index contributed by atoms with van der Waals surface area (Å²) in [7, 11) is 0. The summed E-state index contributed by atoms with van der Waals surface area (Å²) in [5.74, 6) is 0. The van der Waals surface area contributed by atoms with Crippen LogP contribution in [0.3, 0.4) is 0 Å². The van der Waals surface area contributed by atoms with E-state index in [0.717, 1.165) is 32.7 Å². The summed E-state index contributed by atoms with van der Waals surface area (Å²) in [6, 6.07) is 2.77. The average molecular weight is 254 g/mol. The highest BCUT2D eigenvalue weighted by Gasteiger charge is 2.28. The van der Waals surface area contributed by atoms with Crippen LogP contribution in [0, 0.1) is 6.92 Å². The van der Waals surface area contributed by atoms with Gasteiger partial charge in [-0.15, -0.1) is 11.3 Å². The summed E-state index contributed by atoms with van der Waals surface area (Å²) in [5, 5.41) is 2.17. The molecule has 1 saturated heterocycles. The van der Waals surface area contributed by atoms with Gasteiger partial charge in [0.25, 0.3) is 0 Å². The Morgan fingerprint density at radius 3 is 2.71 bits per heavy atom. The van der Waals surface area contributed by atoms with Gasteiger partial charge in [-0.2, -0.15) is 0 Å². The van der Waals surface area contributed by atoms with Crippen LogP contribution >= 0.6 is 11.3 Å². The Balaban J connectivity index is 2.21. The normalized spacial score (nSPS) is 21.4. The highest BCUT2D eigenvalue weighted by Crippen LogP contribution is 2.32. The van der Waals surface area contributed by atoms with E-state index in [0.29, 0.717) is 6.04 Å². The first-order valence-electron chi connectivity index (χ1n) is 6.35. The molecule has 2 atom stereocenters. The molecule has 2 unspecified atom stereocenters. The topological polar surface area (TPSA) is 38.5 Å². The first kappa shape index (κ1) is 13.0. The van der Waals surface area contributed by atoms with E-state index in [4.69, 9.17) is 10.5 Å². The molecule has 1 aliphatic heterocycles. The molecular weight excluding hydrogens is 232 g/mol. The van der Waals surface area contributed by atoms with E-state index in [1.54, 1.807) is 0 Å². The van der Waals surface area contributed by atoms with Crippen molar-refractivity contribution in [2.45, 2.75) is 32.4 Å². The third-order valence-corrected chi connectivity index (χ3v) is 4.58. The maximum Gasteiger partial charge on any atom is 0.0597 e. The molecule has 1 aromatic heterocycles. The average Bonchev–Trinajstić information content (AvgIpc) is 2.77. The van der Waals surface area contributed by atoms with Gasteiger partial charge in [-0.25, -0.2) is 0 Å². The van der Waals surface area contributed by atoms with Crippen molar-refractivity contribution >= 4 is 11.3 Å². The number of thiophene rings is 1. The van der Waals surface area contributed by atoms with Gasteiger partial charge >= 0.3 is 0 Å². The molecule has 2 heterocycles. The number of hydrogen-bond acceptors (Lipinski definition) is 4. The predicted molar refractivity (Wildman–Crippen MR) is 72.5 cm³/mol. The van der Waals surface area contributed by atoms with E-state index in [2.05, 4.69) is 30.2 Å². The fourth-order valence-electron chi connectivity index (χ4n) is 2.40. The summed E-state index contributed by atoms with van der Waals surface area (Å²) in [6.07, 6.45) is 1.01. The molecule has 96 valence electrons. The molecule has 0 radical (unpaired) electrons. The molecule has 0 saturated carbocycles. The first-order chi connectivity index (χ1) is 8.24. The van der Waals surface area contributed by atoms with Crippen LogP contribution in [0.4, 0.5) is 0 Å². The summed E-state index contributed by atoms with van der Waals surface area (Å²) in [6.45, 7) is 8.00. The zero-order chi connectivity index (χ0) is 12.3. The summed E-state index contributed by atoms with van der Waals surface area (Å²) in [5.41, 5.74) is 7.70. The molecule has 17 heavy (non-hydrogen) atoms. The van der Waals surface area contributed by atoms with Crippen LogP contribution in [0.1, 0.15) is 29.8 Å². The van der Waals surface area contributed by atoms with E-state index < -0.39 is 0 Å². The first-order valence-corrected chi connectivity index (χ1v) is 7.23. The third kappa shape index (κ3) is 2.88. The number of aryl methyl sites for hydroxylation is 1. The van der Waals surface area contributed by atoms with Crippen molar-refractivity contribution in [1.82, 2.24) is 4.90 Å². The van der Waals surface area contributed by atoms with E-state index >= 15 is 0 Å². The molecule has 1 aliphatic rings. The molecule has 2 N–H and O–H groups in total. The Hall–Kier alpha value is -0.420. The van der Waals surface area contributed by atoms with Crippen molar-refractivity contribution in [3.63, 3.8) is 0 Å². The number of morpholine rings is 1. The largest absolute Gasteiger partial charge is 0.379 e. The summed E-state index contributed by atoms with van der Waals surface area (Å²) in [4.78, 5) is 3.91. The third-order valence-electron chi connectivity index (χ3n) is 3.49. The molecule has 0 aromatic carbocycles. The van der Waals surface area contributed by atoms with Crippen molar-refractivity contribution in [3.8, 4) is 0 Å². The summed E-state index contributed by atoms with van der Waals surface area (Å²) >= 11 is 1.83. The standard InChI is InChI=1S/C13H22N2OS/c1-3-11(14)12(13-10(2)4-9-17-13)15-5-7-16-8-6-15/h4,9,11-12H,3,5-8,14H2,1-2H3. The second-order valence-electron chi connectivity index (χ2n) is 4.63. The predicted octanol–water partition coefficient (Wildman–Crippen LogP) is 2.17. The monoisotopic (exact) mass is 254 g/mol. The van der Waals surface area contributed by atoms with Gasteiger partial charge in [-0.05, 0) is 30.4 Å². The van der Waals surface area contributed by atoms with Crippen molar-refractivity contribution in [1.29, 1.82) is 0 Å². The number of nitrogens with zero attached hydrogens (tertiary/aromatic N) is 1. The van der Waals surface area contributed by atoms with E-state index in [1.165, 1.54) is 10.4 Å². The van der Waals surface area contributed by atoms with Crippen LogP contribution in [0.25, 0.3) is 0 Å². The van der Waals surface area contributed by atoms with Crippen LogP contribution in [0.5, 0.6) is 0 Å². The highest BCUT2D eigenvalue weighted by atomic mass is 32.1. The fourth-order valence-corrected chi connectivity index (χ4v) is 3.53. The van der Waals surface area contributed by atoms with Crippen LogP contribution in [-0.4, -0.2) is 37.2 Å². The van der Waals surface area contributed by atoms with Crippen molar-refractivity contribution in [3.05, 3.63) is 21.9 Å². The second kappa shape index (κ2) is 5.96. The number of nitrogens with two attached hydrogens (primary N) is 1. The van der Waals surface area contributed by atoms with Gasteiger partial charge < -0.3 is 10.5 Å². The van der Waals surface area contributed by atoms with Gasteiger partial charge in [-0.3, -0.25) is 4.90 Å². The minimum Gasteiger partial charge on any atom is -0.379 e. The minimum absolute atomic E-state index is 0.213. The lowest BCUT2D eigenvalue weighted by molar-refractivity contribution is 0.0108. The smallest absolute Gasteiger partial charge is 0.0597 e. The van der Waals surface area contributed by atoms with Gasteiger partial charge in [0.15, 0.2) is 0 Å². The number of rotatable bonds is 4. The maximum atomic E-state index is 6.33. The molecule has 1 fully saturated rings. The fraction of sp³-hybridized carbons (Fsp3) is 0.692. The van der Waals surface area contributed by atoms with Gasteiger partial charge in [-0.1, -0.05) is 6.92 Å². The molecule has 0 aliphatic carbocycles. The lowest BCUT2D eigenvalue weighted by Crippen LogP contribution is -2.46. The summed E-state index contributed by atoms with van der Waals surface area (Å²) < 4.78 is 5.43. The second-order valence-corrected chi connectivity index (χ2v) is 5.58. The van der Waals surface area contributed by atoms with Crippen LogP contribution in [0.2, 0.25) is 0 Å². The van der Waals surface area contributed by atoms with Crippen LogP contribution in [0.15, 0.2) is 11.4 Å². The van der Waals surface area contributed by atoms with Gasteiger partial charge in [0.2, 0.25) is 0 Å². The van der Waals surface area contributed by atoms with Gasteiger partial charge in [0.1, 0.15) is 0 Å². The molecule has 0 bridgehead atoms. The lowest BCUT2D eigenvalue weighted by Gasteiger charge is -2.37. The number of ether oxygens (including phenoxy) is 1. The molecule has 0 spiro atoms. The molecule has 2 rings (SSSR count). The van der Waals surface area contributed by atoms with Crippen molar-refractivity contribution < 1.29 is 4.74 Å². The molecule has 1 aromatic rings.